The third-order valence-electron chi connectivity index (χ3n) is 2.71. The van der Waals surface area contributed by atoms with Gasteiger partial charge in [0, 0.05) is 5.69 Å². The van der Waals surface area contributed by atoms with E-state index in [9.17, 15) is 4.79 Å². The van der Waals surface area contributed by atoms with E-state index >= 15 is 0 Å². The number of aryl methyl sites for hydroxylation is 1. The number of nitrogens with one attached hydrogen (secondary N) is 2. The molecule has 5 nitrogen and oxygen atoms in total. The summed E-state index contributed by atoms with van der Waals surface area (Å²) in [5, 5.41) is 9.32. The average molecular weight is 240 g/mol. The van der Waals surface area contributed by atoms with E-state index < -0.39 is 5.54 Å². The summed E-state index contributed by atoms with van der Waals surface area (Å²) >= 11 is 4.95. The molecular formula is C10H16N4OS. The molecule has 6 heteroatoms. The van der Waals surface area contributed by atoms with Gasteiger partial charge in [0.25, 0.3) is 5.91 Å². The highest BCUT2D eigenvalue weighted by Crippen LogP contribution is 2.12. The van der Waals surface area contributed by atoms with Crippen molar-refractivity contribution in [2.45, 2.75) is 32.7 Å². The molecule has 4 N–H and O–H groups in total. The van der Waals surface area contributed by atoms with Crippen LogP contribution in [0.5, 0.6) is 0 Å². The zero-order chi connectivity index (χ0) is 12.3. The highest BCUT2D eigenvalue weighted by atomic mass is 32.1. The van der Waals surface area contributed by atoms with E-state index in [1.54, 1.807) is 6.92 Å². The lowest BCUT2D eigenvalue weighted by Crippen LogP contribution is -2.54. The molecule has 0 radical (unpaired) electrons. The minimum Gasteiger partial charge on any atom is -0.391 e. The fourth-order valence-corrected chi connectivity index (χ4v) is 1.42. The zero-order valence-electron chi connectivity index (χ0n) is 9.63. The Morgan fingerprint density at radius 3 is 2.75 bits per heavy atom. The third-order valence-corrected chi connectivity index (χ3v) is 3.17. The molecule has 0 spiro atoms. The third kappa shape index (κ3) is 2.38. The lowest BCUT2D eigenvalue weighted by atomic mass is 9.98. The number of carbonyl (C=O) groups excluding carboxylic acids is 1. The van der Waals surface area contributed by atoms with Gasteiger partial charge in [-0.05, 0) is 20.3 Å². The van der Waals surface area contributed by atoms with Gasteiger partial charge in [-0.1, -0.05) is 19.1 Å². The number of hydrogen-bond donors (Lipinski definition) is 3. The maximum Gasteiger partial charge on any atom is 0.255 e. The van der Waals surface area contributed by atoms with Crippen LogP contribution in [0, 0.1) is 6.92 Å². The minimum atomic E-state index is -0.657. The lowest BCUT2D eigenvalue weighted by molar-refractivity contribution is 0.0926. The standard InChI is InChI=1S/C10H16N4OS/c1-4-10(3,9(11)16)13-8(15)7-5-12-14-6(7)2/h5H,4H2,1-3H3,(H2,11,16)(H,12,14)(H,13,15). The van der Waals surface area contributed by atoms with Crippen molar-refractivity contribution in [3.63, 3.8) is 0 Å². The molecule has 0 fully saturated rings. The molecule has 0 saturated heterocycles. The molecule has 0 aliphatic carbocycles. The highest BCUT2D eigenvalue weighted by Gasteiger charge is 2.28. The van der Waals surface area contributed by atoms with Crippen molar-refractivity contribution in [2.75, 3.05) is 0 Å². The molecule has 1 heterocycles. The molecule has 1 atom stereocenters. The Kier molecular flexibility index (Phi) is 3.64. The topological polar surface area (TPSA) is 83.8 Å². The summed E-state index contributed by atoms with van der Waals surface area (Å²) in [6.45, 7) is 5.51. The van der Waals surface area contributed by atoms with Gasteiger partial charge in [0.1, 0.15) is 0 Å². The Morgan fingerprint density at radius 1 is 1.75 bits per heavy atom. The molecule has 16 heavy (non-hydrogen) atoms. The van der Waals surface area contributed by atoms with Gasteiger partial charge in [0.2, 0.25) is 0 Å². The van der Waals surface area contributed by atoms with Crippen LogP contribution in [0.4, 0.5) is 0 Å². The van der Waals surface area contributed by atoms with Crippen molar-refractivity contribution in [3.8, 4) is 0 Å². The first-order chi connectivity index (χ1) is 7.40. The van der Waals surface area contributed by atoms with Crippen LogP contribution in [-0.2, 0) is 0 Å². The number of amides is 1. The van der Waals surface area contributed by atoms with E-state index in [2.05, 4.69) is 15.5 Å². The predicted molar refractivity (Wildman–Crippen MR) is 66.3 cm³/mol. The first-order valence-electron chi connectivity index (χ1n) is 5.03. The number of carbonyl (C=O) groups is 1. The lowest BCUT2D eigenvalue weighted by Gasteiger charge is -2.28. The second-order valence-corrected chi connectivity index (χ2v) is 4.35. The Bertz CT molecular complexity index is 415. The van der Waals surface area contributed by atoms with Gasteiger partial charge in [-0.3, -0.25) is 9.89 Å². The molecule has 0 aromatic carbocycles. The van der Waals surface area contributed by atoms with Crippen LogP contribution in [0.2, 0.25) is 0 Å². The number of nitrogens with two attached hydrogens (primary N) is 1. The SMILES string of the molecule is CCC(C)(NC(=O)c1cn[nH]c1C)C(N)=S. The number of thiocarbonyl (C=S) groups is 1. The van der Waals surface area contributed by atoms with Crippen molar-refractivity contribution < 1.29 is 4.79 Å². The molecule has 0 aliphatic rings. The molecule has 0 bridgehead atoms. The van der Waals surface area contributed by atoms with Crippen molar-refractivity contribution in [2.24, 2.45) is 5.73 Å². The molecular weight excluding hydrogens is 224 g/mol. The van der Waals surface area contributed by atoms with Gasteiger partial charge in [-0.25, -0.2) is 0 Å². The number of aromatic nitrogens is 2. The maximum atomic E-state index is 11.9. The van der Waals surface area contributed by atoms with E-state index in [1.807, 2.05) is 13.8 Å². The van der Waals surface area contributed by atoms with Crippen LogP contribution in [-0.4, -0.2) is 26.6 Å². The summed E-state index contributed by atoms with van der Waals surface area (Å²) < 4.78 is 0. The van der Waals surface area contributed by atoms with Gasteiger partial charge in [-0.15, -0.1) is 0 Å². The number of H-pyrrole nitrogens is 1. The Labute approximate surface area is 99.8 Å². The summed E-state index contributed by atoms with van der Waals surface area (Å²) in [6, 6.07) is 0. The largest absolute Gasteiger partial charge is 0.391 e. The number of nitrogens with zero attached hydrogens (tertiary/aromatic N) is 1. The molecule has 1 unspecified atom stereocenters. The maximum absolute atomic E-state index is 11.9. The highest BCUT2D eigenvalue weighted by molar-refractivity contribution is 7.80. The van der Waals surface area contributed by atoms with Crippen LogP contribution < -0.4 is 11.1 Å². The summed E-state index contributed by atoms with van der Waals surface area (Å²) in [5.41, 5.74) is 6.19. The average Bonchev–Trinajstić information content (AvgIpc) is 2.64. The molecule has 88 valence electrons. The second-order valence-electron chi connectivity index (χ2n) is 3.91. The fraction of sp³-hybridized carbons (Fsp3) is 0.500. The normalized spacial score (nSPS) is 14.2. The van der Waals surface area contributed by atoms with Crippen molar-refractivity contribution in [1.82, 2.24) is 15.5 Å². The van der Waals surface area contributed by atoms with E-state index in [4.69, 9.17) is 18.0 Å². The summed E-state index contributed by atoms with van der Waals surface area (Å²) in [5.74, 6) is -0.219. The Morgan fingerprint density at radius 2 is 2.38 bits per heavy atom. The molecule has 0 saturated carbocycles. The van der Waals surface area contributed by atoms with Crippen LogP contribution in [0.1, 0.15) is 36.3 Å². The summed E-state index contributed by atoms with van der Waals surface area (Å²) in [7, 11) is 0. The predicted octanol–water partition coefficient (Wildman–Crippen LogP) is 0.903. The first kappa shape index (κ1) is 12.6. The smallest absolute Gasteiger partial charge is 0.255 e. The quantitative estimate of drug-likeness (QED) is 0.683. The molecule has 1 amide bonds. The van der Waals surface area contributed by atoms with Crippen LogP contribution in [0.25, 0.3) is 0 Å². The number of aromatic amines is 1. The van der Waals surface area contributed by atoms with Crippen molar-refractivity contribution in [1.29, 1.82) is 0 Å². The minimum absolute atomic E-state index is 0.219. The Hall–Kier alpha value is -1.43. The molecule has 1 aromatic heterocycles. The van der Waals surface area contributed by atoms with Gasteiger partial charge < -0.3 is 11.1 Å². The molecule has 0 aliphatic heterocycles. The van der Waals surface area contributed by atoms with E-state index in [1.165, 1.54) is 6.20 Å². The fourth-order valence-electron chi connectivity index (χ4n) is 1.22. The van der Waals surface area contributed by atoms with Crippen LogP contribution >= 0.6 is 12.2 Å². The van der Waals surface area contributed by atoms with E-state index in [-0.39, 0.29) is 10.9 Å². The van der Waals surface area contributed by atoms with Gasteiger partial charge in [0.05, 0.1) is 22.3 Å². The first-order valence-corrected chi connectivity index (χ1v) is 5.44. The zero-order valence-corrected chi connectivity index (χ0v) is 10.4. The van der Waals surface area contributed by atoms with Gasteiger partial charge in [-0.2, -0.15) is 5.10 Å². The van der Waals surface area contributed by atoms with Crippen molar-refractivity contribution in [3.05, 3.63) is 17.5 Å². The monoisotopic (exact) mass is 240 g/mol. The summed E-state index contributed by atoms with van der Waals surface area (Å²) in [4.78, 5) is 12.2. The van der Waals surface area contributed by atoms with Gasteiger partial charge in [0.15, 0.2) is 0 Å². The summed E-state index contributed by atoms with van der Waals surface area (Å²) in [6.07, 6.45) is 2.13. The molecule has 1 aromatic rings. The van der Waals surface area contributed by atoms with Crippen molar-refractivity contribution >= 4 is 23.1 Å². The van der Waals surface area contributed by atoms with Crippen LogP contribution in [0.3, 0.4) is 0 Å². The number of hydrogen-bond acceptors (Lipinski definition) is 3. The van der Waals surface area contributed by atoms with Crippen LogP contribution in [0.15, 0.2) is 6.20 Å². The second kappa shape index (κ2) is 4.61. The van der Waals surface area contributed by atoms with E-state index in [0.29, 0.717) is 12.0 Å². The molecule has 1 rings (SSSR count). The van der Waals surface area contributed by atoms with Gasteiger partial charge >= 0.3 is 0 Å². The number of rotatable bonds is 4. The Balaban J connectivity index is 2.86. The van der Waals surface area contributed by atoms with E-state index in [0.717, 1.165) is 5.69 Å².